The summed E-state index contributed by atoms with van der Waals surface area (Å²) >= 11 is 0. The first-order valence-electron chi connectivity index (χ1n) is 4.36. The molecule has 14 heavy (non-hydrogen) atoms. The lowest BCUT2D eigenvalue weighted by atomic mass is 10.0. The van der Waals surface area contributed by atoms with Crippen molar-refractivity contribution in [3.8, 4) is 0 Å². The van der Waals surface area contributed by atoms with Gasteiger partial charge in [-0.15, -0.1) is 0 Å². The number of nitro groups is 1. The summed E-state index contributed by atoms with van der Waals surface area (Å²) in [4.78, 5) is 10.1. The van der Waals surface area contributed by atoms with Crippen LogP contribution in [0.3, 0.4) is 0 Å². The van der Waals surface area contributed by atoms with Gasteiger partial charge in [0.15, 0.2) is 0 Å². The average molecular weight is 195 g/mol. The van der Waals surface area contributed by atoms with Crippen molar-refractivity contribution in [2.45, 2.75) is 19.4 Å². The molecular weight excluding hydrogens is 182 g/mol. The molecule has 0 saturated carbocycles. The Morgan fingerprint density at radius 1 is 1.57 bits per heavy atom. The molecule has 1 unspecified atom stereocenters. The molecule has 0 aliphatic carbocycles. The van der Waals surface area contributed by atoms with Crippen LogP contribution in [0.5, 0.6) is 0 Å². The van der Waals surface area contributed by atoms with E-state index < -0.39 is 4.92 Å². The van der Waals surface area contributed by atoms with Crippen LogP contribution in [0.25, 0.3) is 0 Å². The van der Waals surface area contributed by atoms with Gasteiger partial charge >= 0.3 is 0 Å². The van der Waals surface area contributed by atoms with Gasteiger partial charge in [-0.1, -0.05) is 19.1 Å². The topological polar surface area (TPSA) is 95.2 Å². The van der Waals surface area contributed by atoms with Gasteiger partial charge in [0.25, 0.3) is 5.69 Å². The van der Waals surface area contributed by atoms with E-state index in [1.54, 1.807) is 12.1 Å². The predicted octanol–water partition coefficient (Wildman–Crippen LogP) is 1.59. The van der Waals surface area contributed by atoms with Crippen LogP contribution in [0.2, 0.25) is 0 Å². The Bertz CT molecular complexity index is 352. The number of rotatable bonds is 3. The number of nitrogens with two attached hydrogens (primary N) is 2. The van der Waals surface area contributed by atoms with Crippen molar-refractivity contribution in [2.75, 3.05) is 5.73 Å². The Kier molecular flexibility index (Phi) is 3.03. The minimum Gasteiger partial charge on any atom is -0.393 e. The fraction of sp³-hybridized carbons (Fsp3) is 0.333. The highest BCUT2D eigenvalue weighted by molar-refractivity contribution is 5.63. The molecule has 5 nitrogen and oxygen atoms in total. The molecule has 0 fully saturated rings. The molecule has 0 radical (unpaired) electrons. The number of para-hydroxylation sites is 1. The molecule has 1 atom stereocenters. The number of nitrogens with zero attached hydrogens (tertiary/aromatic N) is 1. The quantitative estimate of drug-likeness (QED) is 0.435. The summed E-state index contributed by atoms with van der Waals surface area (Å²) in [7, 11) is 0. The van der Waals surface area contributed by atoms with Gasteiger partial charge in [-0.2, -0.15) is 0 Å². The van der Waals surface area contributed by atoms with E-state index in [2.05, 4.69) is 0 Å². The van der Waals surface area contributed by atoms with E-state index in [-0.39, 0.29) is 17.4 Å². The lowest BCUT2D eigenvalue weighted by molar-refractivity contribution is -0.384. The van der Waals surface area contributed by atoms with Crippen LogP contribution in [0.15, 0.2) is 18.2 Å². The third-order valence-electron chi connectivity index (χ3n) is 2.15. The molecule has 0 heterocycles. The SMILES string of the molecule is CCC(N)c1cccc([N+](=O)[O-])c1N. The summed E-state index contributed by atoms with van der Waals surface area (Å²) in [6.07, 6.45) is 0.700. The second-order valence-corrected chi connectivity index (χ2v) is 3.05. The van der Waals surface area contributed by atoms with E-state index in [0.717, 1.165) is 0 Å². The number of hydrogen-bond acceptors (Lipinski definition) is 4. The zero-order valence-electron chi connectivity index (χ0n) is 7.93. The number of benzene rings is 1. The molecule has 4 N–H and O–H groups in total. The van der Waals surface area contributed by atoms with Crippen LogP contribution >= 0.6 is 0 Å². The van der Waals surface area contributed by atoms with Gasteiger partial charge in [0.2, 0.25) is 0 Å². The highest BCUT2D eigenvalue weighted by atomic mass is 16.6. The van der Waals surface area contributed by atoms with E-state index >= 15 is 0 Å². The van der Waals surface area contributed by atoms with Crippen LogP contribution in [0, 0.1) is 10.1 Å². The third-order valence-corrected chi connectivity index (χ3v) is 2.15. The molecule has 0 amide bonds. The van der Waals surface area contributed by atoms with Crippen molar-refractivity contribution >= 4 is 11.4 Å². The molecule has 0 bridgehead atoms. The molecule has 1 aromatic carbocycles. The maximum atomic E-state index is 10.6. The van der Waals surface area contributed by atoms with Crippen LogP contribution < -0.4 is 11.5 Å². The number of nitro benzene ring substituents is 1. The lowest BCUT2D eigenvalue weighted by Crippen LogP contribution is -2.12. The molecular formula is C9H13N3O2. The van der Waals surface area contributed by atoms with Crippen molar-refractivity contribution in [2.24, 2.45) is 5.73 Å². The summed E-state index contributed by atoms with van der Waals surface area (Å²) in [6, 6.07) is 4.45. The zero-order chi connectivity index (χ0) is 10.7. The average Bonchev–Trinajstić information content (AvgIpc) is 2.16. The molecule has 0 aliphatic heterocycles. The van der Waals surface area contributed by atoms with Crippen molar-refractivity contribution in [1.82, 2.24) is 0 Å². The number of anilines is 1. The zero-order valence-corrected chi connectivity index (χ0v) is 7.93. The highest BCUT2D eigenvalue weighted by Gasteiger charge is 2.16. The van der Waals surface area contributed by atoms with Crippen molar-refractivity contribution in [1.29, 1.82) is 0 Å². The van der Waals surface area contributed by atoms with Gasteiger partial charge < -0.3 is 11.5 Å². The Morgan fingerprint density at radius 2 is 2.21 bits per heavy atom. The van der Waals surface area contributed by atoms with Gasteiger partial charge in [-0.25, -0.2) is 0 Å². The first-order chi connectivity index (χ1) is 6.57. The minimum atomic E-state index is -0.499. The summed E-state index contributed by atoms with van der Waals surface area (Å²) in [5.74, 6) is 0. The molecule has 76 valence electrons. The summed E-state index contributed by atoms with van der Waals surface area (Å²) < 4.78 is 0. The van der Waals surface area contributed by atoms with E-state index in [4.69, 9.17) is 11.5 Å². The smallest absolute Gasteiger partial charge is 0.292 e. The van der Waals surface area contributed by atoms with E-state index in [9.17, 15) is 10.1 Å². The van der Waals surface area contributed by atoms with Crippen molar-refractivity contribution in [3.05, 3.63) is 33.9 Å². The predicted molar refractivity (Wildman–Crippen MR) is 54.7 cm³/mol. The molecule has 0 aliphatic rings. The first kappa shape index (κ1) is 10.5. The Labute approximate surface area is 81.9 Å². The van der Waals surface area contributed by atoms with E-state index in [1.165, 1.54) is 6.07 Å². The molecule has 0 aromatic heterocycles. The lowest BCUT2D eigenvalue weighted by Gasteiger charge is -2.11. The maximum absolute atomic E-state index is 10.6. The van der Waals surface area contributed by atoms with Gasteiger partial charge in [-0.05, 0) is 12.0 Å². The first-order valence-corrected chi connectivity index (χ1v) is 4.36. The Morgan fingerprint density at radius 3 is 2.71 bits per heavy atom. The Balaban J connectivity index is 3.20. The highest BCUT2D eigenvalue weighted by Crippen LogP contribution is 2.29. The molecule has 5 heteroatoms. The fourth-order valence-electron chi connectivity index (χ4n) is 1.27. The van der Waals surface area contributed by atoms with Crippen LogP contribution in [-0.2, 0) is 0 Å². The third kappa shape index (κ3) is 1.82. The minimum absolute atomic E-state index is 0.0774. The summed E-state index contributed by atoms with van der Waals surface area (Å²) in [5.41, 5.74) is 12.1. The van der Waals surface area contributed by atoms with Crippen LogP contribution in [-0.4, -0.2) is 4.92 Å². The maximum Gasteiger partial charge on any atom is 0.292 e. The molecule has 1 aromatic rings. The van der Waals surface area contributed by atoms with E-state index in [1.807, 2.05) is 6.92 Å². The van der Waals surface area contributed by atoms with Crippen molar-refractivity contribution in [3.63, 3.8) is 0 Å². The van der Waals surface area contributed by atoms with Gasteiger partial charge in [0.1, 0.15) is 5.69 Å². The number of nitrogen functional groups attached to an aromatic ring is 1. The van der Waals surface area contributed by atoms with Crippen molar-refractivity contribution < 1.29 is 4.92 Å². The number of hydrogen-bond donors (Lipinski definition) is 2. The summed E-state index contributed by atoms with van der Waals surface area (Å²) in [6.45, 7) is 1.91. The standard InChI is InChI=1S/C9H13N3O2/c1-2-7(10)6-4-3-5-8(9(6)11)12(13)14/h3-5,7H,2,10-11H2,1H3. The van der Waals surface area contributed by atoms with E-state index in [0.29, 0.717) is 12.0 Å². The molecule has 0 spiro atoms. The largest absolute Gasteiger partial charge is 0.393 e. The second-order valence-electron chi connectivity index (χ2n) is 3.05. The fourth-order valence-corrected chi connectivity index (χ4v) is 1.27. The van der Waals surface area contributed by atoms with Gasteiger partial charge in [0, 0.05) is 12.1 Å². The normalized spacial score (nSPS) is 12.4. The summed E-state index contributed by atoms with van der Waals surface area (Å²) in [5, 5.41) is 10.6. The molecule has 0 saturated heterocycles. The Hall–Kier alpha value is -1.62. The second kappa shape index (κ2) is 4.06. The monoisotopic (exact) mass is 195 g/mol. The van der Waals surface area contributed by atoms with Crippen LogP contribution in [0.4, 0.5) is 11.4 Å². The van der Waals surface area contributed by atoms with Crippen LogP contribution in [0.1, 0.15) is 24.9 Å². The van der Waals surface area contributed by atoms with Gasteiger partial charge in [-0.3, -0.25) is 10.1 Å². The van der Waals surface area contributed by atoms with Gasteiger partial charge in [0.05, 0.1) is 4.92 Å². The molecule has 1 rings (SSSR count).